The number of piperidine rings is 1. The molecule has 6 heteroatoms. The number of oxime groups is 1. The Bertz CT molecular complexity index is 536. The van der Waals surface area contributed by atoms with Gasteiger partial charge in [-0.2, -0.15) is 0 Å². The third-order valence-corrected chi connectivity index (χ3v) is 4.18. The summed E-state index contributed by atoms with van der Waals surface area (Å²) >= 11 is 0. The number of carbonyl (C=O) groups excluding carboxylic acids is 1. The van der Waals surface area contributed by atoms with Crippen LogP contribution in [0, 0.1) is 5.92 Å². The van der Waals surface area contributed by atoms with Crippen molar-refractivity contribution in [3.05, 3.63) is 30.1 Å². The van der Waals surface area contributed by atoms with Crippen LogP contribution in [0.5, 0.6) is 0 Å². The summed E-state index contributed by atoms with van der Waals surface area (Å²) in [6, 6.07) is 3.73. The molecule has 25 heavy (non-hydrogen) atoms. The fraction of sp³-hybridized carbons (Fsp3) is 0.632. The molecule has 0 bridgehead atoms. The second-order valence-corrected chi connectivity index (χ2v) is 6.58. The Morgan fingerprint density at radius 2 is 1.96 bits per heavy atom. The van der Waals surface area contributed by atoms with Gasteiger partial charge in [0.2, 0.25) is 5.91 Å². The topological polar surface area (TPSA) is 66.8 Å². The molecule has 1 aliphatic heterocycles. The number of aromatic nitrogens is 1. The monoisotopic (exact) mass is 348 g/mol. The second kappa shape index (κ2) is 10.8. The van der Waals surface area contributed by atoms with E-state index in [1.54, 1.807) is 12.4 Å². The standard InChI is InChI=1S/C18H28N4O2.CH4/c1-14(2)12-17(19-3)18(23)22-10-6-16(7-11-22)21-24-13-15-4-8-20-9-5-15;/h4-5,8-9,14,17,19H,6-7,10-13H2,1-3H3;1H4/t17-;/m0./s1. The third-order valence-electron chi connectivity index (χ3n) is 4.18. The van der Waals surface area contributed by atoms with Gasteiger partial charge in [0.05, 0.1) is 11.8 Å². The molecule has 0 spiro atoms. The molecule has 1 N–H and O–H groups in total. The zero-order valence-corrected chi connectivity index (χ0v) is 14.9. The van der Waals surface area contributed by atoms with Gasteiger partial charge in [-0.25, -0.2) is 0 Å². The lowest BCUT2D eigenvalue weighted by Gasteiger charge is -2.31. The highest BCUT2D eigenvalue weighted by molar-refractivity contribution is 5.88. The van der Waals surface area contributed by atoms with E-state index < -0.39 is 0 Å². The maximum absolute atomic E-state index is 12.6. The molecule has 2 rings (SSSR count). The van der Waals surface area contributed by atoms with Crippen LogP contribution in [0.15, 0.2) is 29.7 Å². The van der Waals surface area contributed by atoms with Gasteiger partial charge in [0.25, 0.3) is 0 Å². The summed E-state index contributed by atoms with van der Waals surface area (Å²) < 4.78 is 0. The van der Waals surface area contributed by atoms with E-state index in [2.05, 4.69) is 29.3 Å². The van der Waals surface area contributed by atoms with Gasteiger partial charge in [0.15, 0.2) is 0 Å². The quantitative estimate of drug-likeness (QED) is 0.770. The molecular formula is C19H32N4O2. The molecule has 1 aromatic heterocycles. The first-order valence-electron chi connectivity index (χ1n) is 8.62. The van der Waals surface area contributed by atoms with Gasteiger partial charge in [0, 0.05) is 38.3 Å². The molecule has 1 amide bonds. The lowest BCUT2D eigenvalue weighted by molar-refractivity contribution is -0.133. The predicted octanol–water partition coefficient (Wildman–Crippen LogP) is 2.85. The van der Waals surface area contributed by atoms with Gasteiger partial charge in [-0.15, -0.1) is 0 Å². The van der Waals surface area contributed by atoms with E-state index in [0.717, 1.165) is 30.5 Å². The van der Waals surface area contributed by atoms with Gasteiger partial charge in [0.1, 0.15) is 6.61 Å². The van der Waals surface area contributed by atoms with E-state index in [1.807, 2.05) is 24.1 Å². The highest BCUT2D eigenvalue weighted by atomic mass is 16.6. The van der Waals surface area contributed by atoms with E-state index in [4.69, 9.17) is 4.84 Å². The Morgan fingerprint density at radius 3 is 2.52 bits per heavy atom. The van der Waals surface area contributed by atoms with Gasteiger partial charge < -0.3 is 15.1 Å². The molecule has 0 radical (unpaired) electrons. The van der Waals surface area contributed by atoms with Crippen molar-refractivity contribution in [2.24, 2.45) is 11.1 Å². The first kappa shape index (κ1) is 21.1. The number of hydrogen-bond donors (Lipinski definition) is 1. The maximum Gasteiger partial charge on any atom is 0.239 e. The van der Waals surface area contributed by atoms with Crippen molar-refractivity contribution in [1.29, 1.82) is 0 Å². The summed E-state index contributed by atoms with van der Waals surface area (Å²) in [5.41, 5.74) is 2.07. The first-order chi connectivity index (χ1) is 11.6. The summed E-state index contributed by atoms with van der Waals surface area (Å²) in [7, 11) is 1.86. The number of nitrogens with one attached hydrogen (secondary N) is 1. The lowest BCUT2D eigenvalue weighted by atomic mass is 10.0. The van der Waals surface area contributed by atoms with Crippen LogP contribution in [0.25, 0.3) is 0 Å². The second-order valence-electron chi connectivity index (χ2n) is 6.58. The summed E-state index contributed by atoms with van der Waals surface area (Å²) in [6.45, 7) is 6.15. The lowest BCUT2D eigenvalue weighted by Crippen LogP contribution is -2.48. The van der Waals surface area contributed by atoms with Crippen LogP contribution in [0.3, 0.4) is 0 Å². The zero-order chi connectivity index (χ0) is 17.4. The van der Waals surface area contributed by atoms with E-state index in [0.29, 0.717) is 25.6 Å². The number of likely N-dealkylation sites (tertiary alicyclic amines) is 1. The van der Waals surface area contributed by atoms with Crippen LogP contribution < -0.4 is 5.32 Å². The maximum atomic E-state index is 12.6. The van der Waals surface area contributed by atoms with Crippen LogP contribution in [0.1, 0.15) is 46.1 Å². The Hall–Kier alpha value is -1.95. The third kappa shape index (κ3) is 6.82. The predicted molar refractivity (Wildman–Crippen MR) is 101 cm³/mol. The molecule has 0 aromatic carbocycles. The minimum absolute atomic E-state index is 0. The summed E-state index contributed by atoms with van der Waals surface area (Å²) in [6.07, 6.45) is 5.90. The van der Waals surface area contributed by atoms with E-state index in [1.165, 1.54) is 0 Å². The van der Waals surface area contributed by atoms with Crippen LogP contribution in [-0.2, 0) is 16.2 Å². The Balaban J connectivity index is 0.00000312. The average Bonchev–Trinajstić information content (AvgIpc) is 2.60. The molecule has 6 nitrogen and oxygen atoms in total. The Morgan fingerprint density at radius 1 is 1.32 bits per heavy atom. The SMILES string of the molecule is C.CN[C@@H](CC(C)C)C(=O)N1CCC(=NOCc2ccncc2)CC1. The molecule has 140 valence electrons. The largest absolute Gasteiger partial charge is 0.391 e. The minimum atomic E-state index is -0.0913. The van der Waals surface area contributed by atoms with Crippen molar-refractivity contribution in [3.8, 4) is 0 Å². The van der Waals surface area contributed by atoms with Crippen molar-refractivity contribution in [2.75, 3.05) is 20.1 Å². The number of hydrogen-bond acceptors (Lipinski definition) is 5. The Labute approximate surface area is 151 Å². The van der Waals surface area contributed by atoms with Gasteiger partial charge in [-0.05, 0) is 37.1 Å². The highest BCUT2D eigenvalue weighted by Gasteiger charge is 2.26. The molecule has 1 aliphatic rings. The highest BCUT2D eigenvalue weighted by Crippen LogP contribution is 2.13. The van der Waals surface area contributed by atoms with Gasteiger partial charge >= 0.3 is 0 Å². The molecule has 2 heterocycles. The minimum Gasteiger partial charge on any atom is -0.391 e. The van der Waals surface area contributed by atoms with E-state index in [-0.39, 0.29) is 19.4 Å². The molecule has 0 aliphatic carbocycles. The number of likely N-dealkylation sites (N-methyl/N-ethyl adjacent to an activating group) is 1. The number of amides is 1. The number of nitrogens with zero attached hydrogens (tertiary/aromatic N) is 3. The fourth-order valence-corrected chi connectivity index (χ4v) is 2.79. The van der Waals surface area contributed by atoms with Crippen LogP contribution >= 0.6 is 0 Å². The average molecular weight is 348 g/mol. The summed E-state index contributed by atoms with van der Waals surface area (Å²) in [5, 5.41) is 7.37. The molecule has 1 saturated heterocycles. The van der Waals surface area contributed by atoms with Crippen molar-refractivity contribution < 1.29 is 9.63 Å². The fourth-order valence-electron chi connectivity index (χ4n) is 2.79. The molecular weight excluding hydrogens is 316 g/mol. The van der Waals surface area contributed by atoms with Gasteiger partial charge in [-0.1, -0.05) is 26.4 Å². The first-order valence-corrected chi connectivity index (χ1v) is 8.62. The number of pyridine rings is 1. The van der Waals surface area contributed by atoms with E-state index in [9.17, 15) is 4.79 Å². The molecule has 1 fully saturated rings. The molecule has 1 aromatic rings. The zero-order valence-electron chi connectivity index (χ0n) is 14.9. The van der Waals surface area contributed by atoms with Crippen molar-refractivity contribution in [1.82, 2.24) is 15.2 Å². The Kier molecular flexibility index (Phi) is 9.13. The summed E-state index contributed by atoms with van der Waals surface area (Å²) in [4.78, 5) is 23.9. The smallest absolute Gasteiger partial charge is 0.239 e. The summed E-state index contributed by atoms with van der Waals surface area (Å²) in [5.74, 6) is 0.692. The normalized spacial score (nSPS) is 15.5. The molecule has 0 saturated carbocycles. The van der Waals surface area contributed by atoms with Crippen LogP contribution in [0.4, 0.5) is 0 Å². The van der Waals surface area contributed by atoms with E-state index >= 15 is 0 Å². The molecule has 1 atom stereocenters. The van der Waals surface area contributed by atoms with Crippen molar-refractivity contribution in [2.45, 2.75) is 53.2 Å². The number of rotatable bonds is 7. The van der Waals surface area contributed by atoms with Crippen molar-refractivity contribution >= 4 is 11.6 Å². The van der Waals surface area contributed by atoms with Crippen LogP contribution in [0.2, 0.25) is 0 Å². The van der Waals surface area contributed by atoms with Gasteiger partial charge in [-0.3, -0.25) is 9.78 Å². The van der Waals surface area contributed by atoms with Crippen molar-refractivity contribution in [3.63, 3.8) is 0 Å². The van der Waals surface area contributed by atoms with Crippen LogP contribution in [-0.4, -0.2) is 47.7 Å². The number of carbonyl (C=O) groups is 1. The molecule has 0 unspecified atom stereocenters.